The van der Waals surface area contributed by atoms with Crippen molar-refractivity contribution in [3.63, 3.8) is 0 Å². The highest BCUT2D eigenvalue weighted by Gasteiger charge is 2.26. The van der Waals surface area contributed by atoms with E-state index in [1.165, 1.54) is 11.3 Å². The van der Waals surface area contributed by atoms with Crippen LogP contribution in [-0.4, -0.2) is 32.5 Å². The molecule has 1 rings (SSSR count). The molecule has 0 aliphatic carbocycles. The summed E-state index contributed by atoms with van der Waals surface area (Å²) in [6.45, 7) is 3.45. The van der Waals surface area contributed by atoms with Crippen LogP contribution in [-0.2, 0) is 14.8 Å². The molecule has 19 heavy (non-hydrogen) atoms. The second-order valence-corrected chi connectivity index (χ2v) is 7.11. The number of carbonyl (C=O) groups excluding carboxylic acids is 2. The summed E-state index contributed by atoms with van der Waals surface area (Å²) in [5, 5.41) is 4.28. The van der Waals surface area contributed by atoms with E-state index in [9.17, 15) is 18.0 Å². The molecule has 0 bridgehead atoms. The summed E-state index contributed by atoms with van der Waals surface area (Å²) in [5.41, 5.74) is 0. The van der Waals surface area contributed by atoms with Crippen LogP contribution in [0.1, 0.15) is 23.5 Å². The van der Waals surface area contributed by atoms with Gasteiger partial charge in [-0.2, -0.15) is 0 Å². The van der Waals surface area contributed by atoms with Gasteiger partial charge in [-0.15, -0.1) is 11.3 Å². The van der Waals surface area contributed by atoms with Crippen molar-refractivity contribution in [3.8, 4) is 0 Å². The zero-order valence-corrected chi connectivity index (χ0v) is 12.5. The summed E-state index contributed by atoms with van der Waals surface area (Å²) in [4.78, 5) is 24.1. The lowest BCUT2D eigenvalue weighted by Gasteiger charge is -2.20. The van der Waals surface area contributed by atoms with Gasteiger partial charge < -0.3 is 5.32 Å². The molecule has 2 N–H and O–H groups in total. The summed E-state index contributed by atoms with van der Waals surface area (Å²) < 4.78 is 24.0. The molecule has 0 aromatic carbocycles. The SMILES string of the molecule is CC(C)[C@@H](NC(=O)c1cccs1)C(=O)NS(C)(=O)=O. The number of hydrogen-bond donors (Lipinski definition) is 2. The Morgan fingerprint density at radius 2 is 1.95 bits per heavy atom. The lowest BCUT2D eigenvalue weighted by molar-refractivity contribution is -0.122. The molecule has 0 saturated heterocycles. The highest BCUT2D eigenvalue weighted by molar-refractivity contribution is 7.89. The molecule has 0 unspecified atom stereocenters. The van der Waals surface area contributed by atoms with Gasteiger partial charge in [0.15, 0.2) is 0 Å². The lowest BCUT2D eigenvalue weighted by atomic mass is 10.0. The van der Waals surface area contributed by atoms with E-state index >= 15 is 0 Å². The topological polar surface area (TPSA) is 92.3 Å². The number of nitrogens with one attached hydrogen (secondary N) is 2. The van der Waals surface area contributed by atoms with E-state index in [4.69, 9.17) is 0 Å². The van der Waals surface area contributed by atoms with E-state index in [2.05, 4.69) is 5.32 Å². The van der Waals surface area contributed by atoms with Crippen molar-refractivity contribution in [2.75, 3.05) is 6.26 Å². The molecular weight excluding hydrogens is 288 g/mol. The van der Waals surface area contributed by atoms with Gasteiger partial charge in [0.25, 0.3) is 11.8 Å². The minimum atomic E-state index is -3.64. The fraction of sp³-hybridized carbons (Fsp3) is 0.455. The van der Waals surface area contributed by atoms with E-state index in [1.54, 1.807) is 31.4 Å². The van der Waals surface area contributed by atoms with Gasteiger partial charge in [0, 0.05) is 0 Å². The molecule has 0 spiro atoms. The number of rotatable bonds is 5. The van der Waals surface area contributed by atoms with Gasteiger partial charge >= 0.3 is 0 Å². The second-order valence-electron chi connectivity index (χ2n) is 4.41. The Kier molecular flexibility index (Phi) is 5.07. The summed E-state index contributed by atoms with van der Waals surface area (Å²) in [5.74, 6) is -1.36. The number of carbonyl (C=O) groups is 2. The Labute approximate surface area is 116 Å². The Hall–Kier alpha value is -1.41. The van der Waals surface area contributed by atoms with E-state index in [0.717, 1.165) is 6.26 Å². The predicted molar refractivity (Wildman–Crippen MR) is 73.4 cm³/mol. The van der Waals surface area contributed by atoms with Gasteiger partial charge in [-0.1, -0.05) is 19.9 Å². The van der Waals surface area contributed by atoms with Crippen LogP contribution in [0.4, 0.5) is 0 Å². The van der Waals surface area contributed by atoms with Crippen molar-refractivity contribution in [1.82, 2.24) is 10.0 Å². The van der Waals surface area contributed by atoms with Crippen molar-refractivity contribution in [3.05, 3.63) is 22.4 Å². The molecule has 1 heterocycles. The molecule has 1 aromatic rings. The molecule has 0 aliphatic heterocycles. The first-order valence-corrected chi connectivity index (χ1v) is 8.34. The molecule has 1 atom stereocenters. The average molecular weight is 304 g/mol. The zero-order valence-electron chi connectivity index (χ0n) is 10.8. The normalized spacial score (nSPS) is 13.1. The van der Waals surface area contributed by atoms with E-state index < -0.39 is 27.9 Å². The van der Waals surface area contributed by atoms with Gasteiger partial charge in [-0.3, -0.25) is 14.3 Å². The monoisotopic (exact) mass is 304 g/mol. The van der Waals surface area contributed by atoms with Crippen molar-refractivity contribution in [2.45, 2.75) is 19.9 Å². The summed E-state index contributed by atoms with van der Waals surface area (Å²) in [7, 11) is -3.64. The summed E-state index contributed by atoms with van der Waals surface area (Å²) >= 11 is 1.25. The molecule has 0 radical (unpaired) electrons. The van der Waals surface area contributed by atoms with Gasteiger partial charge in [-0.05, 0) is 17.4 Å². The van der Waals surface area contributed by atoms with Gasteiger partial charge in [0.2, 0.25) is 10.0 Å². The number of hydrogen-bond acceptors (Lipinski definition) is 5. The van der Waals surface area contributed by atoms with Crippen LogP contribution in [0.15, 0.2) is 17.5 Å². The number of amides is 2. The predicted octanol–water partition coefficient (Wildman–Crippen LogP) is 0.578. The zero-order chi connectivity index (χ0) is 14.6. The fourth-order valence-electron chi connectivity index (χ4n) is 1.40. The van der Waals surface area contributed by atoms with Crippen molar-refractivity contribution in [2.24, 2.45) is 5.92 Å². The maximum Gasteiger partial charge on any atom is 0.262 e. The second kappa shape index (κ2) is 6.16. The maximum absolute atomic E-state index is 11.9. The van der Waals surface area contributed by atoms with Crippen LogP contribution in [0, 0.1) is 5.92 Å². The van der Waals surface area contributed by atoms with Crippen LogP contribution < -0.4 is 10.0 Å². The quantitative estimate of drug-likeness (QED) is 0.832. The highest BCUT2D eigenvalue weighted by atomic mass is 32.2. The minimum Gasteiger partial charge on any atom is -0.339 e. The van der Waals surface area contributed by atoms with Crippen LogP contribution in [0.3, 0.4) is 0 Å². The minimum absolute atomic E-state index is 0.231. The summed E-state index contributed by atoms with van der Waals surface area (Å²) in [6.07, 6.45) is 0.892. The number of thiophene rings is 1. The van der Waals surface area contributed by atoms with E-state index in [1.807, 2.05) is 4.72 Å². The standard InChI is InChI=1S/C11H16N2O4S2/c1-7(2)9(11(15)13-19(3,16)17)12-10(14)8-5-4-6-18-8/h4-7,9H,1-3H3,(H,12,14)(H,13,15)/t9-/m1/s1. The Morgan fingerprint density at radius 3 is 2.37 bits per heavy atom. The molecule has 8 heteroatoms. The van der Waals surface area contributed by atoms with Crippen LogP contribution in [0.5, 0.6) is 0 Å². The van der Waals surface area contributed by atoms with Crippen molar-refractivity contribution >= 4 is 33.2 Å². The van der Waals surface area contributed by atoms with Crippen molar-refractivity contribution in [1.29, 1.82) is 0 Å². The smallest absolute Gasteiger partial charge is 0.262 e. The maximum atomic E-state index is 11.9. The average Bonchev–Trinajstić information content (AvgIpc) is 2.75. The summed E-state index contributed by atoms with van der Waals surface area (Å²) in [6, 6.07) is 2.45. The van der Waals surface area contributed by atoms with Gasteiger partial charge in [0.05, 0.1) is 11.1 Å². The van der Waals surface area contributed by atoms with Crippen LogP contribution in [0.25, 0.3) is 0 Å². The third-order valence-electron chi connectivity index (χ3n) is 2.27. The molecule has 0 saturated carbocycles. The number of sulfonamides is 1. The highest BCUT2D eigenvalue weighted by Crippen LogP contribution is 2.10. The molecule has 106 valence electrons. The Balaban J connectivity index is 2.79. The first-order chi connectivity index (χ1) is 8.70. The van der Waals surface area contributed by atoms with E-state index in [-0.39, 0.29) is 5.92 Å². The van der Waals surface area contributed by atoms with Crippen LogP contribution in [0.2, 0.25) is 0 Å². The van der Waals surface area contributed by atoms with Crippen LogP contribution >= 0.6 is 11.3 Å². The van der Waals surface area contributed by atoms with E-state index in [0.29, 0.717) is 4.88 Å². The molecular formula is C11H16N2O4S2. The van der Waals surface area contributed by atoms with Gasteiger partial charge in [-0.25, -0.2) is 8.42 Å². The molecule has 1 aromatic heterocycles. The largest absolute Gasteiger partial charge is 0.339 e. The molecule has 0 aliphatic rings. The molecule has 2 amide bonds. The molecule has 6 nitrogen and oxygen atoms in total. The lowest BCUT2D eigenvalue weighted by Crippen LogP contribution is -2.50. The van der Waals surface area contributed by atoms with Gasteiger partial charge in [0.1, 0.15) is 6.04 Å². The first-order valence-electron chi connectivity index (χ1n) is 5.56. The first kappa shape index (κ1) is 15.6. The Morgan fingerprint density at radius 1 is 1.32 bits per heavy atom. The third kappa shape index (κ3) is 4.99. The fourth-order valence-corrected chi connectivity index (χ4v) is 2.52. The van der Waals surface area contributed by atoms with Crippen molar-refractivity contribution < 1.29 is 18.0 Å². The molecule has 0 fully saturated rings. The third-order valence-corrected chi connectivity index (χ3v) is 3.71. The Bertz CT molecular complexity index is 549.